The van der Waals surface area contributed by atoms with Crippen LogP contribution in [0.2, 0.25) is 0 Å². The Morgan fingerprint density at radius 3 is 1.12 bits per heavy atom. The maximum Gasteiger partial charge on any atom is 0.349 e. The van der Waals surface area contributed by atoms with Crippen molar-refractivity contribution in [1.29, 1.82) is 0 Å². The number of hydrogen-bond acceptors (Lipinski definition) is 5. The van der Waals surface area contributed by atoms with Crippen LogP contribution in [0.5, 0.6) is 0 Å². The molecule has 0 aliphatic heterocycles. The molecule has 0 heterocycles. The molecule has 0 radical (unpaired) electrons. The Labute approximate surface area is 250 Å². The minimum Gasteiger partial charge on any atom is -0.389 e. The predicted octanol–water partition coefficient (Wildman–Crippen LogP) is 9.54. The molecule has 0 spiro atoms. The standard InChI is InChI=1S/C36H58O5/c37-33(29-22-16-10-4-1-5-11-17-23-29)28-32(34(38)30-24-18-12-6-2-7-13-19-25-30)36(40)41-35(39)31-26-20-14-8-3-9-15-21-27-31/h28-31H,1-27H2. The molecule has 3 saturated carbocycles. The molecule has 3 rings (SSSR count). The van der Waals surface area contributed by atoms with Crippen LogP contribution in [0, 0.1) is 17.8 Å². The molecule has 0 saturated heterocycles. The van der Waals surface area contributed by atoms with Gasteiger partial charge in [-0.2, -0.15) is 0 Å². The second-order valence-electron chi connectivity index (χ2n) is 13.3. The van der Waals surface area contributed by atoms with E-state index in [2.05, 4.69) is 0 Å². The second kappa shape index (κ2) is 20.2. The molecule has 3 fully saturated rings. The van der Waals surface area contributed by atoms with Crippen molar-refractivity contribution in [1.82, 2.24) is 0 Å². The average Bonchev–Trinajstić information content (AvgIpc) is 2.99. The van der Waals surface area contributed by atoms with E-state index in [0.29, 0.717) is 0 Å². The normalized spacial score (nSPS) is 23.2. The molecule has 5 heteroatoms. The van der Waals surface area contributed by atoms with Crippen molar-refractivity contribution in [3.05, 3.63) is 11.6 Å². The van der Waals surface area contributed by atoms with Gasteiger partial charge in [-0.05, 0) is 44.6 Å². The van der Waals surface area contributed by atoms with E-state index in [1.807, 2.05) is 0 Å². The largest absolute Gasteiger partial charge is 0.389 e. The summed E-state index contributed by atoms with van der Waals surface area (Å²) in [4.78, 5) is 54.4. The summed E-state index contributed by atoms with van der Waals surface area (Å²) < 4.78 is 5.48. The predicted molar refractivity (Wildman–Crippen MR) is 164 cm³/mol. The summed E-state index contributed by atoms with van der Waals surface area (Å²) in [5, 5.41) is 0. The molecule has 0 unspecified atom stereocenters. The fourth-order valence-electron chi connectivity index (χ4n) is 7.15. The van der Waals surface area contributed by atoms with Crippen LogP contribution in [0.4, 0.5) is 0 Å². The topological polar surface area (TPSA) is 77.5 Å². The van der Waals surface area contributed by atoms with Gasteiger partial charge in [-0.15, -0.1) is 0 Å². The lowest BCUT2D eigenvalue weighted by Crippen LogP contribution is -2.29. The number of ether oxygens (including phenoxy) is 1. The van der Waals surface area contributed by atoms with Gasteiger partial charge < -0.3 is 4.74 Å². The van der Waals surface area contributed by atoms with Gasteiger partial charge in [0, 0.05) is 11.8 Å². The third-order valence-corrected chi connectivity index (χ3v) is 9.89. The van der Waals surface area contributed by atoms with Crippen molar-refractivity contribution in [2.75, 3.05) is 0 Å². The summed E-state index contributed by atoms with van der Waals surface area (Å²) in [7, 11) is 0. The first-order valence-corrected chi connectivity index (χ1v) is 17.6. The van der Waals surface area contributed by atoms with Gasteiger partial charge in [-0.25, -0.2) is 4.79 Å². The van der Waals surface area contributed by atoms with Crippen LogP contribution < -0.4 is 0 Å². The first-order valence-electron chi connectivity index (χ1n) is 17.6. The van der Waals surface area contributed by atoms with Gasteiger partial charge >= 0.3 is 11.9 Å². The Hall–Kier alpha value is -1.78. The van der Waals surface area contributed by atoms with Gasteiger partial charge in [-0.3, -0.25) is 14.4 Å². The second-order valence-corrected chi connectivity index (χ2v) is 13.3. The van der Waals surface area contributed by atoms with E-state index in [0.717, 1.165) is 116 Å². The fraction of sp³-hybridized carbons (Fsp3) is 0.833. The number of carbonyl (C=O) groups is 4. The van der Waals surface area contributed by atoms with Crippen LogP contribution in [0.25, 0.3) is 0 Å². The van der Waals surface area contributed by atoms with Crippen LogP contribution in [0.3, 0.4) is 0 Å². The van der Waals surface area contributed by atoms with Crippen LogP contribution in [-0.4, -0.2) is 23.5 Å². The van der Waals surface area contributed by atoms with Crippen molar-refractivity contribution in [2.24, 2.45) is 17.8 Å². The van der Waals surface area contributed by atoms with Crippen molar-refractivity contribution in [2.45, 2.75) is 173 Å². The molecule has 3 aliphatic carbocycles. The Morgan fingerprint density at radius 2 is 0.732 bits per heavy atom. The molecule has 0 atom stereocenters. The van der Waals surface area contributed by atoms with Crippen molar-refractivity contribution in [3.8, 4) is 0 Å². The summed E-state index contributed by atoms with van der Waals surface area (Å²) in [6, 6.07) is 0. The zero-order chi connectivity index (χ0) is 29.1. The van der Waals surface area contributed by atoms with E-state index in [4.69, 9.17) is 4.74 Å². The zero-order valence-corrected chi connectivity index (χ0v) is 25.9. The summed E-state index contributed by atoms with van der Waals surface area (Å²) in [6.45, 7) is 0. The van der Waals surface area contributed by atoms with E-state index in [1.54, 1.807) is 0 Å². The fourth-order valence-corrected chi connectivity index (χ4v) is 7.15. The van der Waals surface area contributed by atoms with Crippen molar-refractivity contribution < 1.29 is 23.9 Å². The van der Waals surface area contributed by atoms with E-state index in [-0.39, 0.29) is 34.9 Å². The van der Waals surface area contributed by atoms with E-state index in [1.165, 1.54) is 63.9 Å². The van der Waals surface area contributed by atoms with Crippen LogP contribution in [-0.2, 0) is 23.9 Å². The van der Waals surface area contributed by atoms with Crippen molar-refractivity contribution >= 4 is 23.5 Å². The van der Waals surface area contributed by atoms with Gasteiger partial charge in [0.25, 0.3) is 0 Å². The number of carbonyl (C=O) groups excluding carboxylic acids is 4. The first-order chi connectivity index (χ1) is 20.1. The quantitative estimate of drug-likeness (QED) is 0.137. The Kier molecular flexibility index (Phi) is 16.6. The number of esters is 2. The first kappa shape index (κ1) is 33.7. The number of hydrogen-bond donors (Lipinski definition) is 0. The molecular weight excluding hydrogens is 512 g/mol. The van der Waals surface area contributed by atoms with E-state index < -0.39 is 11.9 Å². The Bertz CT molecular complexity index is 813. The maximum absolute atomic E-state index is 14.0. The molecule has 0 N–H and O–H groups in total. The number of allylic oxidation sites excluding steroid dienone is 1. The lowest BCUT2D eigenvalue weighted by molar-refractivity contribution is -0.161. The highest BCUT2D eigenvalue weighted by atomic mass is 16.6. The maximum atomic E-state index is 14.0. The molecule has 0 aromatic carbocycles. The number of ketones is 2. The molecule has 0 aromatic rings. The molecule has 232 valence electrons. The van der Waals surface area contributed by atoms with Crippen LogP contribution >= 0.6 is 0 Å². The highest BCUT2D eigenvalue weighted by Crippen LogP contribution is 2.28. The lowest BCUT2D eigenvalue weighted by Gasteiger charge is -2.20. The SMILES string of the molecule is O=C(OC(=O)C1CCCCCCCCC1)C(=CC(=O)C1CCCCCCCCC1)C(=O)C1CCCCCCCCC1. The Balaban J connectivity index is 1.78. The smallest absolute Gasteiger partial charge is 0.349 e. The summed E-state index contributed by atoms with van der Waals surface area (Å²) in [6.07, 6.45) is 29.2. The molecule has 5 nitrogen and oxygen atoms in total. The molecule has 3 aliphatic rings. The highest BCUT2D eigenvalue weighted by Gasteiger charge is 2.32. The van der Waals surface area contributed by atoms with Gasteiger partial charge in [0.05, 0.1) is 5.92 Å². The van der Waals surface area contributed by atoms with Crippen LogP contribution in [0.15, 0.2) is 11.6 Å². The molecule has 0 amide bonds. The zero-order valence-electron chi connectivity index (χ0n) is 25.9. The summed E-state index contributed by atoms with van der Waals surface area (Å²) in [5.74, 6) is -2.56. The average molecular weight is 571 g/mol. The third kappa shape index (κ3) is 13.0. The lowest BCUT2D eigenvalue weighted by atomic mass is 9.84. The molecule has 0 aromatic heterocycles. The molecule has 41 heavy (non-hydrogen) atoms. The molecule has 0 bridgehead atoms. The monoisotopic (exact) mass is 570 g/mol. The van der Waals surface area contributed by atoms with Gasteiger partial charge in [0.15, 0.2) is 11.6 Å². The van der Waals surface area contributed by atoms with E-state index in [9.17, 15) is 19.2 Å². The minimum atomic E-state index is -0.887. The molecular formula is C36H58O5. The van der Waals surface area contributed by atoms with E-state index >= 15 is 0 Å². The van der Waals surface area contributed by atoms with Gasteiger partial charge in [0.1, 0.15) is 5.57 Å². The van der Waals surface area contributed by atoms with Crippen molar-refractivity contribution in [3.63, 3.8) is 0 Å². The Morgan fingerprint density at radius 1 is 0.415 bits per heavy atom. The van der Waals surface area contributed by atoms with Gasteiger partial charge in [0.2, 0.25) is 0 Å². The summed E-state index contributed by atoms with van der Waals surface area (Å²) >= 11 is 0. The van der Waals surface area contributed by atoms with Crippen LogP contribution in [0.1, 0.15) is 173 Å². The van der Waals surface area contributed by atoms with Gasteiger partial charge in [-0.1, -0.05) is 135 Å². The third-order valence-electron chi connectivity index (χ3n) is 9.89. The highest BCUT2D eigenvalue weighted by molar-refractivity contribution is 6.22. The number of rotatable bonds is 6. The minimum absolute atomic E-state index is 0.128. The number of Topliss-reactive ketones (excluding diaryl/α,β-unsaturated/α-hetero) is 1. The summed E-state index contributed by atoms with van der Waals surface area (Å²) in [5.41, 5.74) is -0.164.